The van der Waals surface area contributed by atoms with E-state index >= 15 is 0 Å². The normalized spacial score (nSPS) is 19.3. The van der Waals surface area contributed by atoms with Crippen molar-refractivity contribution in [2.75, 3.05) is 32.0 Å². The number of benzene rings is 1. The molecule has 1 aromatic heterocycles. The van der Waals surface area contributed by atoms with E-state index in [0.717, 1.165) is 37.7 Å². The average Bonchev–Trinajstić information content (AvgIpc) is 3.48. The summed E-state index contributed by atoms with van der Waals surface area (Å²) in [6.45, 7) is 4.70. The maximum absolute atomic E-state index is 14.1. The summed E-state index contributed by atoms with van der Waals surface area (Å²) in [5.74, 6) is -0.851. The third-order valence-electron chi connectivity index (χ3n) is 8.98. The molecule has 4 rings (SSSR count). The minimum Gasteiger partial charge on any atom is -0.390 e. The van der Waals surface area contributed by atoms with Gasteiger partial charge in [0.25, 0.3) is 10.2 Å². The molecule has 2 aromatic rings. The van der Waals surface area contributed by atoms with Crippen LogP contribution in [0.5, 0.6) is 0 Å². The van der Waals surface area contributed by atoms with Gasteiger partial charge < -0.3 is 31.3 Å². The van der Waals surface area contributed by atoms with Crippen LogP contribution in [0.15, 0.2) is 35.7 Å². The standard InChI is InChI=1S/C33H52N6O7S2.ClH/c1-22(2)17-29(40)30(41)26(18-23-9-5-3-6-10-23)36-31(42)27(20-25-21-47-33(34)35-25)37-32(43)28(19-24-11-7-4-8-12-24)38-48(44,45)39-13-15-46-16-14-39;/h4,7-8,11-12,21-23,26-30,38,40-41H,3,5-6,9-10,13-20H2,1-2H3,(H2,34,35)(H,36,42)(H,37,43);1H/t26-,27-,28-,29-,30?;/m0./s1. The number of anilines is 1. The Labute approximate surface area is 300 Å². The summed E-state index contributed by atoms with van der Waals surface area (Å²) < 4.78 is 35.9. The van der Waals surface area contributed by atoms with E-state index in [1.807, 2.05) is 19.9 Å². The van der Waals surface area contributed by atoms with Crippen LogP contribution in [-0.2, 0) is 37.4 Å². The average molecular weight is 745 g/mol. The molecule has 1 saturated heterocycles. The third kappa shape index (κ3) is 13.0. The number of amides is 2. The lowest BCUT2D eigenvalue weighted by atomic mass is 9.82. The number of aliphatic hydroxyl groups excluding tert-OH is 2. The molecule has 1 aliphatic heterocycles. The fraction of sp³-hybridized carbons (Fsp3) is 0.667. The fourth-order valence-corrected chi connectivity index (χ4v) is 8.33. The van der Waals surface area contributed by atoms with Gasteiger partial charge in [0.15, 0.2) is 5.13 Å². The van der Waals surface area contributed by atoms with Gasteiger partial charge in [-0.3, -0.25) is 9.59 Å². The molecular formula is C33H53ClN6O7S2. The topological polar surface area (TPSA) is 196 Å². The number of rotatable bonds is 17. The molecule has 1 saturated carbocycles. The zero-order valence-electron chi connectivity index (χ0n) is 28.3. The first-order valence-corrected chi connectivity index (χ1v) is 19.3. The zero-order chi connectivity index (χ0) is 34.7. The highest BCUT2D eigenvalue weighted by molar-refractivity contribution is 7.87. The van der Waals surface area contributed by atoms with Crippen LogP contribution < -0.4 is 21.1 Å². The van der Waals surface area contributed by atoms with Crippen molar-refractivity contribution in [1.29, 1.82) is 0 Å². The summed E-state index contributed by atoms with van der Waals surface area (Å²) in [4.78, 5) is 32.3. The number of thiazole rings is 1. The molecule has 2 heterocycles. The van der Waals surface area contributed by atoms with Crippen molar-refractivity contribution in [3.8, 4) is 0 Å². The number of aromatic nitrogens is 1. The Kier molecular flexibility index (Phi) is 16.6. The molecule has 276 valence electrons. The van der Waals surface area contributed by atoms with Crippen molar-refractivity contribution in [2.45, 2.75) is 102 Å². The summed E-state index contributed by atoms with van der Waals surface area (Å²) in [5.41, 5.74) is 7.08. The maximum Gasteiger partial charge on any atom is 0.280 e. The van der Waals surface area contributed by atoms with Crippen molar-refractivity contribution in [3.05, 3.63) is 47.0 Å². The second-order valence-corrected chi connectivity index (χ2v) is 16.0. The quantitative estimate of drug-likeness (QED) is 0.141. The van der Waals surface area contributed by atoms with Gasteiger partial charge in [0.2, 0.25) is 11.8 Å². The number of ether oxygens (including phenoxy) is 1. The van der Waals surface area contributed by atoms with Crippen molar-refractivity contribution >= 4 is 50.9 Å². The fourth-order valence-electron chi connectivity index (χ4n) is 6.43. The molecule has 1 aromatic carbocycles. The number of carbonyl (C=O) groups is 2. The number of nitrogen functional groups attached to an aromatic ring is 1. The van der Waals surface area contributed by atoms with Crippen molar-refractivity contribution < 1.29 is 33.0 Å². The number of carbonyl (C=O) groups excluding carboxylic acids is 2. The summed E-state index contributed by atoms with van der Waals surface area (Å²) in [7, 11) is -4.07. The molecule has 1 unspecified atom stereocenters. The van der Waals surface area contributed by atoms with Crippen LogP contribution in [0.2, 0.25) is 0 Å². The van der Waals surface area contributed by atoms with E-state index in [-0.39, 0.29) is 63.4 Å². The largest absolute Gasteiger partial charge is 0.390 e. The Bertz CT molecular complexity index is 1410. The smallest absolute Gasteiger partial charge is 0.280 e. The number of nitrogens with one attached hydrogen (secondary N) is 3. The second kappa shape index (κ2) is 19.9. The van der Waals surface area contributed by atoms with Crippen LogP contribution in [0.25, 0.3) is 0 Å². The SMILES string of the molecule is CC(C)C[C@H](O)C(O)[C@H](CC1CCCCC1)NC(=O)[C@H](Cc1csc(N)n1)NC(=O)[C@H](Cc1ccccc1)NS(=O)(=O)N1CCOCC1.Cl. The van der Waals surface area contributed by atoms with E-state index in [1.54, 1.807) is 29.6 Å². The van der Waals surface area contributed by atoms with Gasteiger partial charge in [0.1, 0.15) is 18.2 Å². The van der Waals surface area contributed by atoms with Crippen LogP contribution in [0.3, 0.4) is 0 Å². The monoisotopic (exact) mass is 744 g/mol. The van der Waals surface area contributed by atoms with Crippen molar-refractivity contribution in [3.63, 3.8) is 0 Å². The molecule has 13 nitrogen and oxygen atoms in total. The van der Waals surface area contributed by atoms with E-state index in [9.17, 15) is 28.2 Å². The molecule has 2 aliphatic rings. The Morgan fingerprint density at radius 1 is 1.02 bits per heavy atom. The van der Waals surface area contributed by atoms with Gasteiger partial charge in [-0.25, -0.2) is 4.98 Å². The molecule has 0 radical (unpaired) electrons. The molecule has 2 amide bonds. The molecule has 5 atom stereocenters. The Hall–Kier alpha value is -2.37. The molecule has 2 fully saturated rings. The number of morpholine rings is 1. The van der Waals surface area contributed by atoms with E-state index in [1.165, 1.54) is 15.6 Å². The molecule has 0 spiro atoms. The van der Waals surface area contributed by atoms with E-state index < -0.39 is 52.4 Å². The van der Waals surface area contributed by atoms with Crippen LogP contribution in [-0.4, -0.2) is 96.4 Å². The summed E-state index contributed by atoms with van der Waals surface area (Å²) >= 11 is 1.20. The first kappa shape index (κ1) is 41.1. The zero-order valence-corrected chi connectivity index (χ0v) is 30.8. The van der Waals surface area contributed by atoms with Crippen LogP contribution in [0.4, 0.5) is 5.13 Å². The van der Waals surface area contributed by atoms with Gasteiger partial charge in [-0.15, -0.1) is 23.7 Å². The van der Waals surface area contributed by atoms with Gasteiger partial charge in [0.05, 0.1) is 31.1 Å². The lowest BCUT2D eigenvalue weighted by Crippen LogP contribution is -2.59. The second-order valence-electron chi connectivity index (χ2n) is 13.4. The number of hydrogen-bond acceptors (Lipinski definition) is 10. The Balaban J connectivity index is 0.00000650. The lowest BCUT2D eigenvalue weighted by molar-refractivity contribution is -0.131. The number of halogens is 1. The minimum atomic E-state index is -4.07. The minimum absolute atomic E-state index is 0. The lowest BCUT2D eigenvalue weighted by Gasteiger charge is -2.34. The molecule has 1 aliphatic carbocycles. The van der Waals surface area contributed by atoms with Gasteiger partial charge in [-0.05, 0) is 36.7 Å². The van der Waals surface area contributed by atoms with Crippen LogP contribution >= 0.6 is 23.7 Å². The van der Waals surface area contributed by atoms with Gasteiger partial charge in [-0.1, -0.05) is 76.3 Å². The van der Waals surface area contributed by atoms with Crippen LogP contribution in [0.1, 0.15) is 70.1 Å². The maximum atomic E-state index is 14.1. The van der Waals surface area contributed by atoms with Crippen molar-refractivity contribution in [2.24, 2.45) is 11.8 Å². The van der Waals surface area contributed by atoms with E-state index in [2.05, 4.69) is 20.3 Å². The Morgan fingerprint density at radius 3 is 2.29 bits per heavy atom. The molecule has 16 heteroatoms. The van der Waals surface area contributed by atoms with Crippen LogP contribution in [0, 0.1) is 11.8 Å². The third-order valence-corrected chi connectivity index (χ3v) is 11.3. The summed E-state index contributed by atoms with van der Waals surface area (Å²) in [6.07, 6.45) is 3.86. The molecule has 7 N–H and O–H groups in total. The molecular weight excluding hydrogens is 692 g/mol. The van der Waals surface area contributed by atoms with E-state index in [0.29, 0.717) is 23.7 Å². The van der Waals surface area contributed by atoms with Gasteiger partial charge in [0, 0.05) is 24.9 Å². The van der Waals surface area contributed by atoms with Crippen molar-refractivity contribution in [1.82, 2.24) is 24.6 Å². The highest BCUT2D eigenvalue weighted by Gasteiger charge is 2.36. The number of nitrogens with zero attached hydrogens (tertiary/aromatic N) is 2. The molecule has 49 heavy (non-hydrogen) atoms. The first-order chi connectivity index (χ1) is 22.9. The van der Waals surface area contributed by atoms with Gasteiger partial charge in [-0.2, -0.15) is 17.4 Å². The number of nitrogens with two attached hydrogens (primary N) is 1. The Morgan fingerprint density at radius 2 is 1.67 bits per heavy atom. The molecule has 0 bridgehead atoms. The highest BCUT2D eigenvalue weighted by atomic mass is 35.5. The van der Waals surface area contributed by atoms with E-state index in [4.69, 9.17) is 10.5 Å². The predicted molar refractivity (Wildman–Crippen MR) is 192 cm³/mol. The highest BCUT2D eigenvalue weighted by Crippen LogP contribution is 2.29. The number of aliphatic hydroxyl groups is 2. The number of hydrogen-bond donors (Lipinski definition) is 6. The first-order valence-electron chi connectivity index (χ1n) is 17.0. The summed E-state index contributed by atoms with van der Waals surface area (Å²) in [6, 6.07) is 5.85. The predicted octanol–water partition coefficient (Wildman–Crippen LogP) is 2.18. The summed E-state index contributed by atoms with van der Waals surface area (Å²) in [5, 5.41) is 29.9. The van der Waals surface area contributed by atoms with Gasteiger partial charge >= 0.3 is 0 Å².